The second-order valence-electron chi connectivity index (χ2n) is 8.01. The molecule has 0 spiro atoms. The summed E-state index contributed by atoms with van der Waals surface area (Å²) < 4.78 is 31.6. The summed E-state index contributed by atoms with van der Waals surface area (Å²) in [6.45, 7) is 1.70. The number of rotatable bonds is 11. The van der Waals surface area contributed by atoms with Gasteiger partial charge in [-0.25, -0.2) is 4.39 Å². The minimum Gasteiger partial charge on any atom is -0.497 e. The van der Waals surface area contributed by atoms with Gasteiger partial charge in [0.05, 0.1) is 14.2 Å². The summed E-state index contributed by atoms with van der Waals surface area (Å²) >= 11 is 1.24. The molecule has 9 nitrogen and oxygen atoms in total. The standard InChI is InChI=1S/C26H25FN4O5S/c1-17-28-29-26(31(17)21-9-11-22(34-2)12-10-21)37-25(15-30(32)33)19-6-13-23(24(14-19)35-3)36-16-18-4-7-20(27)8-5-18/h4-14,25H,15-16H2,1-3H3/t25-/m1/s1. The van der Waals surface area contributed by atoms with Crippen molar-refractivity contribution in [1.82, 2.24) is 14.8 Å². The number of aryl methyl sites for hydroxylation is 1. The number of hydrogen-bond donors (Lipinski definition) is 0. The molecule has 1 atom stereocenters. The van der Waals surface area contributed by atoms with Crippen molar-refractivity contribution in [2.24, 2.45) is 0 Å². The first-order chi connectivity index (χ1) is 17.9. The Hall–Kier alpha value is -4.12. The lowest BCUT2D eigenvalue weighted by Gasteiger charge is -2.17. The average Bonchev–Trinajstić information content (AvgIpc) is 3.27. The van der Waals surface area contributed by atoms with Crippen molar-refractivity contribution in [3.63, 3.8) is 0 Å². The van der Waals surface area contributed by atoms with Crippen LogP contribution in [0.3, 0.4) is 0 Å². The van der Waals surface area contributed by atoms with E-state index in [1.165, 1.54) is 31.0 Å². The molecule has 0 bridgehead atoms. The van der Waals surface area contributed by atoms with Crippen LogP contribution in [0.4, 0.5) is 4.39 Å². The summed E-state index contributed by atoms with van der Waals surface area (Å²) in [4.78, 5) is 11.2. The van der Waals surface area contributed by atoms with Gasteiger partial charge in [0.15, 0.2) is 16.7 Å². The molecule has 0 N–H and O–H groups in total. The number of thioether (sulfide) groups is 1. The molecular weight excluding hydrogens is 499 g/mol. The summed E-state index contributed by atoms with van der Waals surface area (Å²) in [7, 11) is 3.10. The molecule has 192 valence electrons. The van der Waals surface area contributed by atoms with Gasteiger partial charge in [0.1, 0.15) is 29.2 Å². The zero-order chi connectivity index (χ0) is 26.4. The molecule has 3 aromatic carbocycles. The van der Waals surface area contributed by atoms with Crippen LogP contribution in [0.1, 0.15) is 22.2 Å². The summed E-state index contributed by atoms with van der Waals surface area (Å²) in [5.74, 6) is 1.94. The smallest absolute Gasteiger partial charge is 0.220 e. The number of methoxy groups -OCH3 is 2. The summed E-state index contributed by atoms with van der Waals surface area (Å²) in [5, 5.41) is 20.0. The first-order valence-electron chi connectivity index (χ1n) is 11.3. The fourth-order valence-electron chi connectivity index (χ4n) is 3.67. The Bertz CT molecular complexity index is 1360. The van der Waals surface area contributed by atoms with Crippen LogP contribution in [-0.2, 0) is 6.61 Å². The number of aromatic nitrogens is 3. The van der Waals surface area contributed by atoms with Crippen LogP contribution in [0.5, 0.6) is 17.2 Å². The molecular formula is C26H25FN4O5S. The summed E-state index contributed by atoms with van der Waals surface area (Å²) in [6.07, 6.45) is 0. The minimum absolute atomic E-state index is 0.216. The monoisotopic (exact) mass is 524 g/mol. The van der Waals surface area contributed by atoms with Crippen molar-refractivity contribution in [2.45, 2.75) is 23.9 Å². The highest BCUT2D eigenvalue weighted by molar-refractivity contribution is 7.99. The van der Waals surface area contributed by atoms with E-state index in [1.54, 1.807) is 37.4 Å². The Morgan fingerprint density at radius 3 is 2.38 bits per heavy atom. The number of benzene rings is 3. The van der Waals surface area contributed by atoms with Gasteiger partial charge in [-0.05, 0) is 66.6 Å². The maximum atomic E-state index is 13.2. The second kappa shape index (κ2) is 11.7. The highest BCUT2D eigenvalue weighted by atomic mass is 32.2. The van der Waals surface area contributed by atoms with Crippen molar-refractivity contribution in [1.29, 1.82) is 0 Å². The van der Waals surface area contributed by atoms with Crippen LogP contribution in [0.25, 0.3) is 5.69 Å². The van der Waals surface area contributed by atoms with Crippen molar-refractivity contribution in [2.75, 3.05) is 20.8 Å². The van der Waals surface area contributed by atoms with Crippen LogP contribution >= 0.6 is 11.8 Å². The number of hydrogen-bond acceptors (Lipinski definition) is 8. The van der Waals surface area contributed by atoms with E-state index in [2.05, 4.69) is 10.2 Å². The fraction of sp³-hybridized carbons (Fsp3) is 0.231. The molecule has 0 aliphatic rings. The van der Waals surface area contributed by atoms with Crippen LogP contribution in [0.2, 0.25) is 0 Å². The topological polar surface area (TPSA) is 102 Å². The van der Waals surface area contributed by atoms with Gasteiger partial charge in [-0.3, -0.25) is 14.7 Å². The van der Waals surface area contributed by atoms with Gasteiger partial charge in [0.2, 0.25) is 6.54 Å². The van der Waals surface area contributed by atoms with Crippen molar-refractivity contribution >= 4 is 11.8 Å². The SMILES string of the molecule is COc1ccc(-n2c(C)nnc2S[C@H](C[N+](=O)[O-])c2ccc(OCc3ccc(F)cc3)c(OC)c2)cc1. The number of nitro groups is 1. The van der Waals surface area contributed by atoms with E-state index in [1.807, 2.05) is 35.8 Å². The number of nitrogens with zero attached hydrogens (tertiary/aromatic N) is 4. The Morgan fingerprint density at radius 1 is 1.00 bits per heavy atom. The molecule has 0 fully saturated rings. The maximum Gasteiger partial charge on any atom is 0.220 e. The van der Waals surface area contributed by atoms with Crippen molar-refractivity contribution < 1.29 is 23.5 Å². The zero-order valence-corrected chi connectivity index (χ0v) is 21.3. The van der Waals surface area contributed by atoms with Gasteiger partial charge >= 0.3 is 0 Å². The third-order valence-corrected chi connectivity index (χ3v) is 6.74. The second-order valence-corrected chi connectivity index (χ2v) is 9.18. The van der Waals surface area contributed by atoms with E-state index < -0.39 is 5.25 Å². The van der Waals surface area contributed by atoms with Crippen LogP contribution in [0, 0.1) is 22.9 Å². The van der Waals surface area contributed by atoms with Gasteiger partial charge in [0.25, 0.3) is 0 Å². The Kier molecular flexibility index (Phi) is 8.24. The Labute approximate surface area is 217 Å². The molecule has 0 unspecified atom stereocenters. The highest BCUT2D eigenvalue weighted by Gasteiger charge is 2.25. The molecule has 4 aromatic rings. The molecule has 0 radical (unpaired) electrons. The predicted molar refractivity (Wildman–Crippen MR) is 137 cm³/mol. The lowest BCUT2D eigenvalue weighted by molar-refractivity contribution is -0.479. The fourth-order valence-corrected chi connectivity index (χ4v) is 4.83. The Morgan fingerprint density at radius 2 is 1.73 bits per heavy atom. The normalized spacial score (nSPS) is 11.7. The van der Waals surface area contributed by atoms with Crippen LogP contribution in [-0.4, -0.2) is 40.5 Å². The molecule has 1 aromatic heterocycles. The maximum absolute atomic E-state index is 13.2. The predicted octanol–water partition coefficient (Wildman–Crippen LogP) is 5.42. The zero-order valence-electron chi connectivity index (χ0n) is 20.5. The van der Waals surface area contributed by atoms with Crippen molar-refractivity contribution in [3.8, 4) is 22.9 Å². The van der Waals surface area contributed by atoms with E-state index in [0.29, 0.717) is 33.8 Å². The van der Waals surface area contributed by atoms with Gasteiger partial charge in [-0.2, -0.15) is 0 Å². The lowest BCUT2D eigenvalue weighted by atomic mass is 10.1. The third-order valence-electron chi connectivity index (χ3n) is 5.56. The molecule has 4 rings (SSSR count). The molecule has 0 aliphatic carbocycles. The van der Waals surface area contributed by atoms with E-state index >= 15 is 0 Å². The Balaban J connectivity index is 1.59. The molecule has 0 saturated heterocycles. The lowest BCUT2D eigenvalue weighted by Crippen LogP contribution is -2.11. The largest absolute Gasteiger partial charge is 0.497 e. The van der Waals surface area contributed by atoms with E-state index in [4.69, 9.17) is 14.2 Å². The van der Waals surface area contributed by atoms with E-state index in [0.717, 1.165) is 11.3 Å². The molecule has 11 heteroatoms. The van der Waals surface area contributed by atoms with Gasteiger partial charge < -0.3 is 14.2 Å². The van der Waals surface area contributed by atoms with Crippen LogP contribution in [0.15, 0.2) is 71.9 Å². The summed E-state index contributed by atoms with van der Waals surface area (Å²) in [5.41, 5.74) is 2.28. The minimum atomic E-state index is -0.573. The highest BCUT2D eigenvalue weighted by Crippen LogP contribution is 2.39. The van der Waals surface area contributed by atoms with Gasteiger partial charge in [0, 0.05) is 10.6 Å². The third kappa shape index (κ3) is 6.36. The molecule has 1 heterocycles. The van der Waals surface area contributed by atoms with E-state index in [-0.39, 0.29) is 23.9 Å². The van der Waals surface area contributed by atoms with Gasteiger partial charge in [-0.15, -0.1) is 10.2 Å². The first-order valence-corrected chi connectivity index (χ1v) is 12.2. The summed E-state index contributed by atoms with van der Waals surface area (Å²) in [6, 6.07) is 18.6. The molecule has 0 amide bonds. The number of halogens is 1. The average molecular weight is 525 g/mol. The van der Waals surface area contributed by atoms with Crippen LogP contribution < -0.4 is 14.2 Å². The van der Waals surface area contributed by atoms with Crippen molar-refractivity contribution in [3.05, 3.63) is 99.6 Å². The molecule has 0 saturated carbocycles. The molecule has 0 aliphatic heterocycles. The molecule has 37 heavy (non-hydrogen) atoms. The first kappa shape index (κ1) is 26.0. The quantitative estimate of drug-likeness (QED) is 0.146. The van der Waals surface area contributed by atoms with Gasteiger partial charge in [-0.1, -0.05) is 30.0 Å². The number of ether oxygens (including phenoxy) is 3. The van der Waals surface area contributed by atoms with E-state index in [9.17, 15) is 14.5 Å².